The molecule has 7 nitrogen and oxygen atoms in total. The van der Waals surface area contributed by atoms with Crippen molar-refractivity contribution in [3.63, 3.8) is 0 Å². The average molecular weight is 497 g/mol. The predicted octanol–water partition coefficient (Wildman–Crippen LogP) is 3.11. The summed E-state index contributed by atoms with van der Waals surface area (Å²) in [5, 5.41) is 0. The van der Waals surface area contributed by atoms with Gasteiger partial charge in [-0.2, -0.15) is 0 Å². The van der Waals surface area contributed by atoms with Gasteiger partial charge >= 0.3 is 0 Å². The summed E-state index contributed by atoms with van der Waals surface area (Å²) in [4.78, 5) is 35.2. The molecule has 0 unspecified atom stereocenters. The summed E-state index contributed by atoms with van der Waals surface area (Å²) < 4.78 is 6.17. The molecule has 4 rings (SSSR count). The topological polar surface area (TPSA) is 56.3 Å². The first-order valence-corrected chi connectivity index (χ1v) is 13.5. The fraction of sp³-hybridized carbons (Fsp3) is 0.655. The summed E-state index contributed by atoms with van der Waals surface area (Å²) in [7, 11) is 2.11. The highest BCUT2D eigenvalue weighted by molar-refractivity contribution is 5.79. The summed E-state index contributed by atoms with van der Waals surface area (Å²) in [6.07, 6.45) is 5.68. The normalized spacial score (nSPS) is 24.8. The van der Waals surface area contributed by atoms with Gasteiger partial charge in [0.2, 0.25) is 11.8 Å². The van der Waals surface area contributed by atoms with E-state index in [1.54, 1.807) is 0 Å². The van der Waals surface area contributed by atoms with E-state index < -0.39 is 0 Å². The Balaban J connectivity index is 1.50. The molecule has 7 heteroatoms. The maximum absolute atomic E-state index is 13.5. The van der Waals surface area contributed by atoms with Crippen molar-refractivity contribution in [3.05, 3.63) is 42.0 Å². The Kier molecular flexibility index (Phi) is 8.73. The summed E-state index contributed by atoms with van der Waals surface area (Å²) in [6.45, 7) is 13.9. The van der Waals surface area contributed by atoms with E-state index in [2.05, 4.69) is 55.8 Å². The maximum Gasteiger partial charge on any atom is 0.236 e. The Morgan fingerprint density at radius 3 is 2.56 bits per heavy atom. The number of likely N-dealkylation sites (N-methyl/N-ethyl adjacent to an activating group) is 1. The van der Waals surface area contributed by atoms with Gasteiger partial charge in [-0.15, -0.1) is 0 Å². The standard InChI is InChI=1S/C29H44N4O3/c1-29(2,3)22-31-19-25-8-5-6-10-26(25)36-17-7-9-24-20-33(28(35)21-31)12-11-23(24)18-27(34)32-15-13-30(4)14-16-32/h5-10,23-24H,11-22H2,1-4H3/t23-,24-/m0/s1. The second kappa shape index (κ2) is 11.8. The van der Waals surface area contributed by atoms with Gasteiger partial charge in [-0.1, -0.05) is 51.1 Å². The molecule has 0 N–H and O–H groups in total. The van der Waals surface area contributed by atoms with Gasteiger partial charge in [0, 0.05) is 64.3 Å². The van der Waals surface area contributed by atoms with Gasteiger partial charge in [-0.3, -0.25) is 14.5 Å². The van der Waals surface area contributed by atoms with Crippen LogP contribution in [0.25, 0.3) is 0 Å². The minimum Gasteiger partial charge on any atom is -0.489 e. The van der Waals surface area contributed by atoms with E-state index >= 15 is 0 Å². The summed E-state index contributed by atoms with van der Waals surface area (Å²) >= 11 is 0. The minimum atomic E-state index is 0.0741. The molecule has 0 spiro atoms. The molecular weight excluding hydrogens is 452 g/mol. The number of hydrogen-bond acceptors (Lipinski definition) is 5. The Bertz CT molecular complexity index is 933. The van der Waals surface area contributed by atoms with Crippen molar-refractivity contribution in [2.45, 2.75) is 40.2 Å². The molecule has 3 heterocycles. The number of nitrogens with zero attached hydrogens (tertiary/aromatic N) is 4. The largest absolute Gasteiger partial charge is 0.489 e. The highest BCUT2D eigenvalue weighted by atomic mass is 16.5. The molecule has 2 amide bonds. The van der Waals surface area contributed by atoms with Crippen molar-refractivity contribution in [2.75, 3.05) is 66.0 Å². The van der Waals surface area contributed by atoms with Crippen molar-refractivity contribution in [3.8, 4) is 5.75 Å². The third-order valence-electron chi connectivity index (χ3n) is 7.59. The number of rotatable bonds is 3. The first kappa shape index (κ1) is 26.7. The maximum atomic E-state index is 13.5. The van der Waals surface area contributed by atoms with E-state index in [1.807, 2.05) is 28.0 Å². The predicted molar refractivity (Wildman–Crippen MR) is 143 cm³/mol. The van der Waals surface area contributed by atoms with Crippen LogP contribution in [0.15, 0.2) is 36.4 Å². The monoisotopic (exact) mass is 496 g/mol. The van der Waals surface area contributed by atoms with Gasteiger partial charge in [-0.05, 0) is 36.8 Å². The molecule has 2 saturated heterocycles. The summed E-state index contributed by atoms with van der Waals surface area (Å²) in [5.74, 6) is 1.72. The fourth-order valence-electron chi connectivity index (χ4n) is 5.65. The Labute approximate surface area is 217 Å². The first-order valence-electron chi connectivity index (χ1n) is 13.5. The number of fused-ring (bicyclic) bond motifs is 3. The van der Waals surface area contributed by atoms with Crippen LogP contribution in [-0.2, 0) is 16.1 Å². The molecule has 0 aromatic heterocycles. The molecule has 36 heavy (non-hydrogen) atoms. The zero-order valence-electron chi connectivity index (χ0n) is 22.6. The number of hydrogen-bond donors (Lipinski definition) is 0. The third kappa shape index (κ3) is 7.32. The van der Waals surface area contributed by atoms with Crippen LogP contribution in [0.5, 0.6) is 5.75 Å². The lowest BCUT2D eigenvalue weighted by Gasteiger charge is -2.40. The second-order valence-electron chi connectivity index (χ2n) is 12.0. The van der Waals surface area contributed by atoms with E-state index in [4.69, 9.17) is 4.74 Å². The molecule has 3 aliphatic rings. The Morgan fingerprint density at radius 2 is 1.81 bits per heavy atom. The quantitative estimate of drug-likeness (QED) is 0.602. The van der Waals surface area contributed by atoms with Gasteiger partial charge in [-0.25, -0.2) is 0 Å². The number of ether oxygens (including phenoxy) is 1. The number of amides is 2. The van der Waals surface area contributed by atoms with Crippen LogP contribution in [-0.4, -0.2) is 97.4 Å². The molecule has 3 aliphatic heterocycles. The first-order chi connectivity index (χ1) is 17.2. The van der Waals surface area contributed by atoms with Crippen molar-refractivity contribution in [1.29, 1.82) is 0 Å². The van der Waals surface area contributed by atoms with Crippen LogP contribution < -0.4 is 4.74 Å². The molecule has 2 fully saturated rings. The number of benzene rings is 1. The molecule has 0 radical (unpaired) electrons. The number of piperazine rings is 1. The van der Waals surface area contributed by atoms with Crippen LogP contribution in [0.4, 0.5) is 0 Å². The summed E-state index contributed by atoms with van der Waals surface area (Å²) in [5.41, 5.74) is 1.18. The van der Waals surface area contributed by atoms with E-state index in [0.29, 0.717) is 32.7 Å². The molecule has 1 aromatic carbocycles. The van der Waals surface area contributed by atoms with Gasteiger partial charge in [0.1, 0.15) is 12.4 Å². The number of carbonyl (C=O) groups excluding carboxylic acids is 2. The van der Waals surface area contributed by atoms with Crippen LogP contribution in [0.2, 0.25) is 0 Å². The van der Waals surface area contributed by atoms with Crippen LogP contribution in [0.3, 0.4) is 0 Å². The molecule has 0 saturated carbocycles. The van der Waals surface area contributed by atoms with Crippen LogP contribution in [0, 0.1) is 17.3 Å². The second-order valence-corrected chi connectivity index (χ2v) is 12.0. The molecule has 198 valence electrons. The lowest BCUT2D eigenvalue weighted by molar-refractivity contribution is -0.136. The van der Waals surface area contributed by atoms with E-state index in [0.717, 1.165) is 57.0 Å². The zero-order chi connectivity index (χ0) is 25.7. The fourth-order valence-corrected chi connectivity index (χ4v) is 5.65. The molecular formula is C29H44N4O3. The van der Waals surface area contributed by atoms with Crippen LogP contribution in [0.1, 0.15) is 39.2 Å². The van der Waals surface area contributed by atoms with Crippen molar-refractivity contribution < 1.29 is 14.3 Å². The molecule has 2 bridgehead atoms. The number of carbonyl (C=O) groups is 2. The van der Waals surface area contributed by atoms with Gasteiger partial charge in [0.05, 0.1) is 6.54 Å². The smallest absolute Gasteiger partial charge is 0.236 e. The lowest BCUT2D eigenvalue weighted by Crippen LogP contribution is -2.50. The highest BCUT2D eigenvalue weighted by Crippen LogP contribution is 2.30. The van der Waals surface area contributed by atoms with Gasteiger partial charge in [0.15, 0.2) is 0 Å². The summed E-state index contributed by atoms with van der Waals surface area (Å²) in [6, 6.07) is 8.14. The van der Waals surface area contributed by atoms with E-state index in [9.17, 15) is 9.59 Å². The van der Waals surface area contributed by atoms with Gasteiger partial charge < -0.3 is 19.4 Å². The van der Waals surface area contributed by atoms with Crippen molar-refractivity contribution in [2.24, 2.45) is 17.3 Å². The SMILES string of the molecule is CN1CCN(C(=O)C[C@@H]2CCN3C[C@@H]2C=CCOc2ccccc2CN(CC(C)(C)C)CC3=O)CC1. The number of para-hydroxylation sites is 1. The number of piperidine rings is 1. The molecule has 2 atom stereocenters. The Hall–Kier alpha value is -2.38. The molecule has 1 aromatic rings. The highest BCUT2D eigenvalue weighted by Gasteiger charge is 2.34. The minimum absolute atomic E-state index is 0.0741. The zero-order valence-corrected chi connectivity index (χ0v) is 22.6. The van der Waals surface area contributed by atoms with Crippen LogP contribution >= 0.6 is 0 Å². The molecule has 0 aliphatic carbocycles. The van der Waals surface area contributed by atoms with Crippen molar-refractivity contribution in [1.82, 2.24) is 19.6 Å². The van der Waals surface area contributed by atoms with Gasteiger partial charge in [0.25, 0.3) is 0 Å². The van der Waals surface area contributed by atoms with Crippen molar-refractivity contribution >= 4 is 11.8 Å². The average Bonchev–Trinajstić information content (AvgIpc) is 2.83. The van der Waals surface area contributed by atoms with E-state index in [1.165, 1.54) is 0 Å². The van der Waals surface area contributed by atoms with E-state index in [-0.39, 0.29) is 29.1 Å². The lowest BCUT2D eigenvalue weighted by atomic mass is 9.82. The Morgan fingerprint density at radius 1 is 1.06 bits per heavy atom. The third-order valence-corrected chi connectivity index (χ3v) is 7.59.